The topological polar surface area (TPSA) is 42.0 Å². The van der Waals surface area contributed by atoms with Gasteiger partial charge in [0.2, 0.25) is 0 Å². The van der Waals surface area contributed by atoms with Gasteiger partial charge in [-0.05, 0) is 49.4 Å². The molecule has 1 atom stereocenters. The van der Waals surface area contributed by atoms with Crippen LogP contribution in [0.2, 0.25) is 0 Å². The molecule has 0 spiro atoms. The first-order valence-corrected chi connectivity index (χ1v) is 12.0. The van der Waals surface area contributed by atoms with Gasteiger partial charge >= 0.3 is 7.67 Å². The standard InChI is InChI=1S/C21H25Cl2N2O3P/c1-17-3-7-19(8-4-17)25-14-11-21(18-5-9-20(27-2)10-6-18)28-29(25,26)24(15-12-22)16-13-23/h3-11H,12-16H2,1-2H3. The molecule has 2 aromatic rings. The second-order valence-electron chi connectivity index (χ2n) is 6.63. The van der Waals surface area contributed by atoms with E-state index in [2.05, 4.69) is 0 Å². The summed E-state index contributed by atoms with van der Waals surface area (Å²) in [6.07, 6.45) is 1.94. The maximum atomic E-state index is 14.3. The van der Waals surface area contributed by atoms with Gasteiger partial charge in [0.1, 0.15) is 11.5 Å². The van der Waals surface area contributed by atoms with Crippen LogP contribution < -0.4 is 9.41 Å². The van der Waals surface area contributed by atoms with E-state index in [4.69, 9.17) is 32.5 Å². The van der Waals surface area contributed by atoms with Crippen LogP contribution in [0.1, 0.15) is 11.1 Å². The van der Waals surface area contributed by atoms with E-state index in [9.17, 15) is 4.57 Å². The number of ether oxygens (including phenoxy) is 1. The molecule has 5 nitrogen and oxygen atoms in total. The van der Waals surface area contributed by atoms with Crippen molar-refractivity contribution in [3.05, 3.63) is 65.7 Å². The van der Waals surface area contributed by atoms with Gasteiger partial charge in [-0.2, -0.15) is 0 Å². The summed E-state index contributed by atoms with van der Waals surface area (Å²) < 4.78 is 29.3. The van der Waals surface area contributed by atoms with Crippen molar-refractivity contribution >= 4 is 42.3 Å². The lowest BCUT2D eigenvalue weighted by Crippen LogP contribution is -2.37. The molecule has 1 unspecified atom stereocenters. The summed E-state index contributed by atoms with van der Waals surface area (Å²) in [6.45, 7) is 3.28. The second kappa shape index (κ2) is 9.90. The Morgan fingerprint density at radius 2 is 1.69 bits per heavy atom. The van der Waals surface area contributed by atoms with E-state index < -0.39 is 7.67 Å². The van der Waals surface area contributed by atoms with Crippen molar-refractivity contribution in [1.82, 2.24) is 4.67 Å². The highest BCUT2D eigenvalue weighted by molar-refractivity contribution is 7.58. The van der Waals surface area contributed by atoms with Gasteiger partial charge in [0, 0.05) is 36.1 Å². The molecule has 8 heteroatoms. The van der Waals surface area contributed by atoms with E-state index in [0.29, 0.717) is 37.2 Å². The van der Waals surface area contributed by atoms with Crippen molar-refractivity contribution in [2.45, 2.75) is 6.92 Å². The second-order valence-corrected chi connectivity index (χ2v) is 9.60. The molecule has 1 aliphatic heterocycles. The zero-order chi connectivity index (χ0) is 20.9. The van der Waals surface area contributed by atoms with E-state index in [1.807, 2.05) is 61.5 Å². The summed E-state index contributed by atoms with van der Waals surface area (Å²) in [7, 11) is -1.83. The van der Waals surface area contributed by atoms with E-state index >= 15 is 0 Å². The van der Waals surface area contributed by atoms with Gasteiger partial charge in [-0.15, -0.1) is 23.2 Å². The molecule has 0 saturated heterocycles. The monoisotopic (exact) mass is 454 g/mol. The molecule has 0 saturated carbocycles. The molecule has 0 fully saturated rings. The largest absolute Gasteiger partial charge is 0.497 e. The Hall–Kier alpha value is -1.65. The Kier molecular flexibility index (Phi) is 7.53. The van der Waals surface area contributed by atoms with E-state index in [1.54, 1.807) is 16.5 Å². The van der Waals surface area contributed by atoms with Gasteiger partial charge < -0.3 is 9.26 Å². The molecule has 0 aliphatic carbocycles. The zero-order valence-electron chi connectivity index (χ0n) is 16.6. The van der Waals surface area contributed by atoms with Crippen molar-refractivity contribution in [1.29, 1.82) is 0 Å². The molecule has 29 heavy (non-hydrogen) atoms. The Morgan fingerprint density at radius 1 is 1.07 bits per heavy atom. The molecular formula is C21H25Cl2N2O3P. The first-order valence-electron chi connectivity index (χ1n) is 9.38. The van der Waals surface area contributed by atoms with Crippen LogP contribution in [0.4, 0.5) is 5.69 Å². The van der Waals surface area contributed by atoms with E-state index in [1.165, 1.54) is 0 Å². The predicted molar refractivity (Wildman–Crippen MR) is 121 cm³/mol. The average Bonchev–Trinajstić information content (AvgIpc) is 2.74. The van der Waals surface area contributed by atoms with Crippen LogP contribution in [0.5, 0.6) is 5.75 Å². The maximum absolute atomic E-state index is 14.3. The molecule has 0 radical (unpaired) electrons. The lowest BCUT2D eigenvalue weighted by Gasteiger charge is -2.41. The lowest BCUT2D eigenvalue weighted by molar-refractivity contribution is 0.350. The number of halogens is 2. The number of anilines is 1. The third-order valence-corrected chi connectivity index (χ3v) is 7.61. The van der Waals surface area contributed by atoms with Gasteiger partial charge in [-0.25, -0.2) is 9.24 Å². The summed E-state index contributed by atoms with van der Waals surface area (Å²) in [4.78, 5) is 0. The third-order valence-electron chi connectivity index (χ3n) is 4.72. The highest BCUT2D eigenvalue weighted by Crippen LogP contribution is 2.60. The fraction of sp³-hybridized carbons (Fsp3) is 0.333. The van der Waals surface area contributed by atoms with Crippen LogP contribution in [-0.2, 0) is 9.09 Å². The van der Waals surface area contributed by atoms with Crippen LogP contribution >= 0.6 is 30.9 Å². The Balaban J connectivity index is 2.01. The Labute approximate surface area is 182 Å². The fourth-order valence-corrected chi connectivity index (χ4v) is 6.17. The molecule has 0 amide bonds. The van der Waals surface area contributed by atoms with Crippen molar-refractivity contribution < 1.29 is 13.8 Å². The highest BCUT2D eigenvalue weighted by atomic mass is 35.5. The quantitative estimate of drug-likeness (QED) is 0.374. The highest BCUT2D eigenvalue weighted by Gasteiger charge is 2.43. The minimum absolute atomic E-state index is 0.327. The number of rotatable bonds is 8. The van der Waals surface area contributed by atoms with Gasteiger partial charge in [-0.3, -0.25) is 4.67 Å². The maximum Gasteiger partial charge on any atom is 0.422 e. The van der Waals surface area contributed by atoms with Crippen LogP contribution in [0, 0.1) is 6.92 Å². The first-order chi connectivity index (χ1) is 14.0. The van der Waals surface area contributed by atoms with Crippen LogP contribution in [0.3, 0.4) is 0 Å². The van der Waals surface area contributed by atoms with Crippen molar-refractivity contribution in [3.63, 3.8) is 0 Å². The number of aryl methyl sites for hydroxylation is 1. The molecular weight excluding hydrogens is 430 g/mol. The van der Waals surface area contributed by atoms with Gasteiger partial charge in [0.15, 0.2) is 0 Å². The molecule has 3 rings (SSSR count). The molecule has 0 N–H and O–H groups in total. The summed E-state index contributed by atoms with van der Waals surface area (Å²) in [5.74, 6) is 1.98. The smallest absolute Gasteiger partial charge is 0.422 e. The van der Waals surface area contributed by atoms with Gasteiger partial charge in [0.05, 0.1) is 13.7 Å². The van der Waals surface area contributed by atoms with Crippen LogP contribution in [-0.4, -0.2) is 43.2 Å². The summed E-state index contributed by atoms with van der Waals surface area (Å²) in [5.41, 5.74) is 2.80. The van der Waals surface area contributed by atoms with E-state index in [-0.39, 0.29) is 0 Å². The summed E-state index contributed by atoms with van der Waals surface area (Å²) >= 11 is 12.0. The van der Waals surface area contributed by atoms with Crippen LogP contribution in [0.15, 0.2) is 54.6 Å². The number of benzene rings is 2. The number of hydrogen-bond donors (Lipinski definition) is 0. The summed E-state index contributed by atoms with van der Waals surface area (Å²) in [5, 5.41) is 0. The normalized spacial score (nSPS) is 19.1. The number of methoxy groups -OCH3 is 1. The molecule has 0 aromatic heterocycles. The van der Waals surface area contributed by atoms with Gasteiger partial charge in [0.25, 0.3) is 0 Å². The summed E-state index contributed by atoms with van der Waals surface area (Å²) in [6, 6.07) is 15.4. The minimum Gasteiger partial charge on any atom is -0.497 e. The zero-order valence-corrected chi connectivity index (χ0v) is 19.0. The number of alkyl halides is 2. The average molecular weight is 455 g/mol. The lowest BCUT2D eigenvalue weighted by atomic mass is 10.1. The predicted octanol–water partition coefficient (Wildman–Crippen LogP) is 5.77. The SMILES string of the molecule is COc1ccc(C2=CCN(c3ccc(C)cc3)P(=O)(N(CCCl)CCCl)O2)cc1. The minimum atomic E-state index is -3.45. The molecule has 0 bridgehead atoms. The number of hydrogen-bond acceptors (Lipinski definition) is 3. The molecule has 2 aromatic carbocycles. The third kappa shape index (κ3) is 4.92. The van der Waals surface area contributed by atoms with Crippen molar-refractivity contribution in [3.8, 4) is 5.75 Å². The van der Waals surface area contributed by atoms with Crippen molar-refractivity contribution in [2.24, 2.45) is 0 Å². The van der Waals surface area contributed by atoms with Crippen molar-refractivity contribution in [2.75, 3.05) is 43.2 Å². The molecule has 156 valence electrons. The van der Waals surface area contributed by atoms with E-state index in [0.717, 1.165) is 22.6 Å². The Bertz CT molecular complexity index is 882. The number of nitrogens with zero attached hydrogens (tertiary/aromatic N) is 2. The fourth-order valence-electron chi connectivity index (χ4n) is 3.15. The molecule has 1 aliphatic rings. The Morgan fingerprint density at radius 3 is 2.24 bits per heavy atom. The van der Waals surface area contributed by atoms with Crippen LogP contribution in [0.25, 0.3) is 5.76 Å². The first kappa shape index (κ1) is 22.0. The van der Waals surface area contributed by atoms with Gasteiger partial charge in [-0.1, -0.05) is 17.7 Å². The molecule has 1 heterocycles.